The van der Waals surface area contributed by atoms with E-state index in [1.807, 2.05) is 30.3 Å². The number of nitrogens with two attached hydrogens (primary N) is 1. The summed E-state index contributed by atoms with van der Waals surface area (Å²) in [6, 6.07) is 9.54. The van der Waals surface area contributed by atoms with Crippen molar-refractivity contribution in [3.05, 3.63) is 35.9 Å². The minimum absolute atomic E-state index is 0.249. The molecule has 0 aliphatic carbocycles. The summed E-state index contributed by atoms with van der Waals surface area (Å²) >= 11 is 0. The molecule has 1 atom stereocenters. The van der Waals surface area contributed by atoms with Gasteiger partial charge in [0.05, 0.1) is 13.0 Å². The number of carbonyl (C=O) groups is 2. The Morgan fingerprint density at radius 1 is 1.25 bits per heavy atom. The van der Waals surface area contributed by atoms with E-state index in [2.05, 4.69) is 5.32 Å². The molecule has 110 valence electrons. The number of hydrogen-bond donors (Lipinski definition) is 2. The predicted molar refractivity (Wildman–Crippen MR) is 77.1 cm³/mol. The summed E-state index contributed by atoms with van der Waals surface area (Å²) in [6.07, 6.45) is 2.02. The fourth-order valence-electron chi connectivity index (χ4n) is 1.96. The van der Waals surface area contributed by atoms with Gasteiger partial charge in [-0.3, -0.25) is 9.59 Å². The largest absolute Gasteiger partial charge is 0.469 e. The maximum absolute atomic E-state index is 11.8. The molecule has 0 heterocycles. The number of primary amides is 1. The van der Waals surface area contributed by atoms with Crippen molar-refractivity contribution in [3.63, 3.8) is 0 Å². The molecule has 0 saturated carbocycles. The van der Waals surface area contributed by atoms with Gasteiger partial charge in [0.2, 0.25) is 5.91 Å². The van der Waals surface area contributed by atoms with Gasteiger partial charge in [-0.15, -0.1) is 0 Å². The molecule has 5 heteroatoms. The van der Waals surface area contributed by atoms with E-state index in [0.717, 1.165) is 24.9 Å². The molecule has 3 N–H and O–H groups in total. The number of ether oxygens (including phenoxy) is 1. The van der Waals surface area contributed by atoms with Crippen molar-refractivity contribution in [1.82, 2.24) is 5.32 Å². The van der Waals surface area contributed by atoms with E-state index >= 15 is 0 Å². The molecule has 0 fully saturated rings. The second-order valence-corrected chi connectivity index (χ2v) is 4.61. The molecule has 1 amide bonds. The first-order valence-corrected chi connectivity index (χ1v) is 6.77. The van der Waals surface area contributed by atoms with Crippen LogP contribution >= 0.6 is 0 Å². The van der Waals surface area contributed by atoms with Crippen molar-refractivity contribution in [2.45, 2.75) is 25.2 Å². The van der Waals surface area contributed by atoms with Gasteiger partial charge in [-0.2, -0.15) is 0 Å². The van der Waals surface area contributed by atoms with Crippen LogP contribution in [-0.4, -0.2) is 32.1 Å². The molecule has 5 nitrogen and oxygen atoms in total. The SMILES string of the molecule is COC(=O)C(CNCCCCC(N)=O)c1ccccc1. The quantitative estimate of drug-likeness (QED) is 0.525. The van der Waals surface area contributed by atoms with E-state index in [-0.39, 0.29) is 17.8 Å². The highest BCUT2D eigenvalue weighted by Crippen LogP contribution is 2.16. The van der Waals surface area contributed by atoms with Crippen molar-refractivity contribution in [2.24, 2.45) is 5.73 Å². The Morgan fingerprint density at radius 3 is 2.55 bits per heavy atom. The van der Waals surface area contributed by atoms with E-state index in [1.165, 1.54) is 7.11 Å². The molecule has 1 unspecified atom stereocenters. The summed E-state index contributed by atoms with van der Waals surface area (Å²) in [5, 5.41) is 3.22. The van der Waals surface area contributed by atoms with Crippen LogP contribution in [0.15, 0.2) is 30.3 Å². The molecule has 0 aromatic heterocycles. The van der Waals surface area contributed by atoms with Crippen molar-refractivity contribution < 1.29 is 14.3 Å². The van der Waals surface area contributed by atoms with Crippen molar-refractivity contribution in [2.75, 3.05) is 20.2 Å². The van der Waals surface area contributed by atoms with E-state index < -0.39 is 0 Å². The molecule has 1 rings (SSSR count). The molecule has 0 bridgehead atoms. The van der Waals surface area contributed by atoms with Crippen LogP contribution in [0.4, 0.5) is 0 Å². The van der Waals surface area contributed by atoms with Gasteiger partial charge < -0.3 is 15.8 Å². The maximum Gasteiger partial charge on any atom is 0.314 e. The smallest absolute Gasteiger partial charge is 0.314 e. The first-order chi connectivity index (χ1) is 9.65. The molecular formula is C15H22N2O3. The number of nitrogens with one attached hydrogen (secondary N) is 1. The minimum Gasteiger partial charge on any atom is -0.469 e. The lowest BCUT2D eigenvalue weighted by atomic mass is 9.99. The lowest BCUT2D eigenvalue weighted by Gasteiger charge is -2.15. The third-order valence-electron chi connectivity index (χ3n) is 3.06. The Morgan fingerprint density at radius 2 is 1.95 bits per heavy atom. The Bertz CT molecular complexity index is 420. The number of methoxy groups -OCH3 is 1. The van der Waals surface area contributed by atoms with Crippen LogP contribution in [-0.2, 0) is 14.3 Å². The third-order valence-corrected chi connectivity index (χ3v) is 3.06. The third kappa shape index (κ3) is 5.84. The zero-order chi connectivity index (χ0) is 14.8. The maximum atomic E-state index is 11.8. The van der Waals surface area contributed by atoms with Gasteiger partial charge in [-0.05, 0) is 24.9 Å². The second kappa shape index (κ2) is 9.09. The number of unbranched alkanes of at least 4 members (excludes halogenated alkanes) is 1. The van der Waals surface area contributed by atoms with Crippen molar-refractivity contribution in [1.29, 1.82) is 0 Å². The van der Waals surface area contributed by atoms with Crippen LogP contribution < -0.4 is 11.1 Å². The summed E-state index contributed by atoms with van der Waals surface area (Å²) in [6.45, 7) is 1.26. The first kappa shape index (κ1) is 16.2. The van der Waals surface area contributed by atoms with Gasteiger partial charge in [0.25, 0.3) is 0 Å². The van der Waals surface area contributed by atoms with E-state index in [0.29, 0.717) is 13.0 Å². The highest BCUT2D eigenvalue weighted by atomic mass is 16.5. The molecule has 20 heavy (non-hydrogen) atoms. The average Bonchev–Trinajstić information content (AvgIpc) is 2.46. The topological polar surface area (TPSA) is 81.4 Å². The van der Waals surface area contributed by atoms with E-state index in [4.69, 9.17) is 10.5 Å². The van der Waals surface area contributed by atoms with Gasteiger partial charge in [-0.25, -0.2) is 0 Å². The highest BCUT2D eigenvalue weighted by Gasteiger charge is 2.20. The van der Waals surface area contributed by atoms with Crippen molar-refractivity contribution >= 4 is 11.9 Å². The van der Waals surface area contributed by atoms with E-state index in [9.17, 15) is 9.59 Å². The predicted octanol–water partition coefficient (Wildman–Crippen LogP) is 1.19. The van der Waals surface area contributed by atoms with Crippen LogP contribution in [0.25, 0.3) is 0 Å². The molecule has 1 aromatic rings. The zero-order valence-electron chi connectivity index (χ0n) is 11.8. The molecule has 0 aliphatic rings. The van der Waals surface area contributed by atoms with Crippen LogP contribution in [0.2, 0.25) is 0 Å². The zero-order valence-corrected chi connectivity index (χ0v) is 11.8. The normalized spacial score (nSPS) is 11.8. The number of amides is 1. The number of hydrogen-bond acceptors (Lipinski definition) is 4. The van der Waals surface area contributed by atoms with Gasteiger partial charge in [0, 0.05) is 13.0 Å². The van der Waals surface area contributed by atoms with Crippen LogP contribution in [0, 0.1) is 0 Å². The summed E-state index contributed by atoms with van der Waals surface area (Å²) in [4.78, 5) is 22.4. The van der Waals surface area contributed by atoms with Crippen LogP contribution in [0.3, 0.4) is 0 Å². The standard InChI is InChI=1S/C15H22N2O3/c1-20-15(19)13(12-7-3-2-4-8-12)11-17-10-6-5-9-14(16)18/h2-4,7-8,13,17H,5-6,9-11H2,1H3,(H2,16,18). The average molecular weight is 278 g/mol. The second-order valence-electron chi connectivity index (χ2n) is 4.61. The molecule has 0 radical (unpaired) electrons. The summed E-state index contributed by atoms with van der Waals surface area (Å²) in [5.74, 6) is -0.833. The molecule has 0 spiro atoms. The Kier molecular flexibility index (Phi) is 7.35. The number of benzene rings is 1. The van der Waals surface area contributed by atoms with Gasteiger partial charge in [0.15, 0.2) is 0 Å². The van der Waals surface area contributed by atoms with Gasteiger partial charge in [-0.1, -0.05) is 30.3 Å². The number of rotatable bonds is 9. The number of carbonyl (C=O) groups excluding carboxylic acids is 2. The first-order valence-electron chi connectivity index (χ1n) is 6.77. The highest BCUT2D eigenvalue weighted by molar-refractivity contribution is 5.78. The molecular weight excluding hydrogens is 256 g/mol. The van der Waals surface area contributed by atoms with Gasteiger partial charge in [0.1, 0.15) is 0 Å². The lowest BCUT2D eigenvalue weighted by molar-refractivity contribution is -0.142. The Balaban J connectivity index is 2.39. The fourth-order valence-corrected chi connectivity index (χ4v) is 1.96. The van der Waals surface area contributed by atoms with E-state index in [1.54, 1.807) is 0 Å². The molecule has 0 saturated heterocycles. The fraction of sp³-hybridized carbons (Fsp3) is 0.467. The van der Waals surface area contributed by atoms with Crippen LogP contribution in [0.1, 0.15) is 30.7 Å². The summed E-state index contributed by atoms with van der Waals surface area (Å²) < 4.78 is 4.84. The Hall–Kier alpha value is -1.88. The minimum atomic E-state index is -0.308. The Labute approximate surface area is 119 Å². The van der Waals surface area contributed by atoms with Crippen LogP contribution in [0.5, 0.6) is 0 Å². The molecule has 0 aliphatic heterocycles. The van der Waals surface area contributed by atoms with Gasteiger partial charge >= 0.3 is 5.97 Å². The molecule has 1 aromatic carbocycles. The van der Waals surface area contributed by atoms with Crippen molar-refractivity contribution in [3.8, 4) is 0 Å². The summed E-state index contributed by atoms with van der Waals surface area (Å²) in [5.41, 5.74) is 6.00. The lowest BCUT2D eigenvalue weighted by Crippen LogP contribution is -2.28. The number of esters is 1. The summed E-state index contributed by atoms with van der Waals surface area (Å²) in [7, 11) is 1.39. The monoisotopic (exact) mass is 278 g/mol.